The van der Waals surface area contributed by atoms with Gasteiger partial charge in [0.05, 0.1) is 5.75 Å². The van der Waals surface area contributed by atoms with Gasteiger partial charge in [-0.2, -0.15) is 5.10 Å². The van der Waals surface area contributed by atoms with Gasteiger partial charge in [0, 0.05) is 30.7 Å². The summed E-state index contributed by atoms with van der Waals surface area (Å²) in [5, 5.41) is 4.14. The summed E-state index contributed by atoms with van der Waals surface area (Å²) in [6, 6.07) is 5.44. The summed E-state index contributed by atoms with van der Waals surface area (Å²) in [6.45, 7) is 4.23. The zero-order valence-electron chi connectivity index (χ0n) is 12.9. The van der Waals surface area contributed by atoms with Crippen molar-refractivity contribution in [3.8, 4) is 5.82 Å². The first kappa shape index (κ1) is 16.6. The lowest BCUT2D eigenvalue weighted by Crippen LogP contribution is -2.29. The molecular weight excluding hydrogens is 300 g/mol. The molecule has 120 valence electrons. The quantitative estimate of drug-likeness (QED) is 0.807. The second kappa shape index (κ2) is 7.51. The molecule has 0 fully saturated rings. The Kier molecular flexibility index (Phi) is 5.68. The lowest BCUT2D eigenvalue weighted by molar-refractivity contribution is 0.536. The van der Waals surface area contributed by atoms with Gasteiger partial charge in [0.15, 0.2) is 5.82 Å². The highest BCUT2D eigenvalue weighted by atomic mass is 32.2. The van der Waals surface area contributed by atoms with Crippen molar-refractivity contribution in [2.45, 2.75) is 33.2 Å². The molecule has 0 spiro atoms. The fourth-order valence-electron chi connectivity index (χ4n) is 2.37. The first-order valence-corrected chi connectivity index (χ1v) is 9.08. The van der Waals surface area contributed by atoms with Crippen LogP contribution in [0.2, 0.25) is 0 Å². The van der Waals surface area contributed by atoms with Crippen LogP contribution in [0.3, 0.4) is 0 Å². The van der Waals surface area contributed by atoms with Crippen LogP contribution in [0.5, 0.6) is 0 Å². The maximum Gasteiger partial charge on any atom is 0.212 e. The molecule has 0 amide bonds. The van der Waals surface area contributed by atoms with Crippen LogP contribution in [0, 0.1) is 5.92 Å². The number of hydrogen-bond donors (Lipinski definition) is 1. The minimum absolute atomic E-state index is 0.151. The zero-order valence-corrected chi connectivity index (χ0v) is 13.8. The smallest absolute Gasteiger partial charge is 0.212 e. The lowest BCUT2D eigenvalue weighted by Gasteiger charge is -2.13. The number of pyridine rings is 1. The summed E-state index contributed by atoms with van der Waals surface area (Å²) in [7, 11) is -3.29. The third-order valence-corrected chi connectivity index (χ3v) is 4.95. The van der Waals surface area contributed by atoms with Crippen LogP contribution in [-0.4, -0.2) is 28.9 Å². The van der Waals surface area contributed by atoms with E-state index in [0.29, 0.717) is 5.82 Å². The molecule has 0 saturated carbocycles. The molecule has 0 unspecified atom stereocenters. The summed E-state index contributed by atoms with van der Waals surface area (Å²) in [4.78, 5) is 4.28. The van der Waals surface area contributed by atoms with E-state index >= 15 is 0 Å². The Bertz CT molecular complexity index is 683. The van der Waals surface area contributed by atoms with Crippen molar-refractivity contribution in [2.24, 2.45) is 5.92 Å². The second-order valence-corrected chi connectivity index (χ2v) is 7.28. The summed E-state index contributed by atoms with van der Waals surface area (Å²) in [6.07, 6.45) is 7.01. The molecule has 2 rings (SSSR count). The van der Waals surface area contributed by atoms with E-state index in [4.69, 9.17) is 0 Å². The van der Waals surface area contributed by atoms with Gasteiger partial charge in [-0.15, -0.1) is 0 Å². The van der Waals surface area contributed by atoms with Gasteiger partial charge in [0.1, 0.15) is 0 Å². The topological polar surface area (TPSA) is 76.9 Å². The third-order valence-electron chi connectivity index (χ3n) is 3.36. The minimum Gasteiger partial charge on any atom is -0.237 e. The number of nitrogens with one attached hydrogen (secondary N) is 1. The Morgan fingerprint density at radius 2 is 2.14 bits per heavy atom. The Morgan fingerprint density at radius 3 is 2.82 bits per heavy atom. The molecule has 0 aliphatic rings. The Balaban J connectivity index is 2.06. The van der Waals surface area contributed by atoms with Crippen LogP contribution in [0.15, 0.2) is 36.8 Å². The molecule has 0 aromatic carbocycles. The highest BCUT2D eigenvalue weighted by Crippen LogP contribution is 2.12. The number of rotatable bonds is 8. The van der Waals surface area contributed by atoms with E-state index in [2.05, 4.69) is 21.7 Å². The molecule has 2 aromatic heterocycles. The highest BCUT2D eigenvalue weighted by molar-refractivity contribution is 7.89. The number of sulfonamides is 1. The standard InChI is InChI=1S/C15H22N4O2S/c1-3-6-13(2)12-22(20,21)18-11-14-7-4-8-16-15(14)19-10-5-9-17-19/h4-5,7-10,13,18H,3,6,11-12H2,1-2H3/t13-/m1/s1. The first-order chi connectivity index (χ1) is 10.5. The summed E-state index contributed by atoms with van der Waals surface area (Å²) in [5.41, 5.74) is 0.790. The number of nitrogens with zero attached hydrogens (tertiary/aromatic N) is 3. The van der Waals surface area contributed by atoms with Crippen molar-refractivity contribution in [1.82, 2.24) is 19.5 Å². The molecule has 0 saturated heterocycles. The van der Waals surface area contributed by atoms with Crippen LogP contribution in [0.25, 0.3) is 5.82 Å². The van der Waals surface area contributed by atoms with E-state index < -0.39 is 10.0 Å². The van der Waals surface area contributed by atoms with Gasteiger partial charge in [-0.1, -0.05) is 26.3 Å². The van der Waals surface area contributed by atoms with E-state index in [0.717, 1.165) is 18.4 Å². The molecule has 6 nitrogen and oxygen atoms in total. The normalized spacial score (nSPS) is 13.2. The highest BCUT2D eigenvalue weighted by Gasteiger charge is 2.16. The summed E-state index contributed by atoms with van der Waals surface area (Å²) >= 11 is 0. The van der Waals surface area contributed by atoms with Crippen LogP contribution < -0.4 is 4.72 Å². The van der Waals surface area contributed by atoms with E-state index in [-0.39, 0.29) is 18.2 Å². The lowest BCUT2D eigenvalue weighted by atomic mass is 10.1. The summed E-state index contributed by atoms with van der Waals surface area (Å²) < 4.78 is 28.6. The molecule has 7 heteroatoms. The Morgan fingerprint density at radius 1 is 1.32 bits per heavy atom. The first-order valence-electron chi connectivity index (χ1n) is 7.43. The number of hydrogen-bond acceptors (Lipinski definition) is 4. The molecule has 1 N–H and O–H groups in total. The fraction of sp³-hybridized carbons (Fsp3) is 0.467. The van der Waals surface area contributed by atoms with Crippen LogP contribution in [-0.2, 0) is 16.6 Å². The molecule has 1 atom stereocenters. The monoisotopic (exact) mass is 322 g/mol. The van der Waals surface area contributed by atoms with E-state index in [9.17, 15) is 8.42 Å². The van der Waals surface area contributed by atoms with Gasteiger partial charge >= 0.3 is 0 Å². The van der Waals surface area contributed by atoms with Crippen molar-refractivity contribution in [2.75, 3.05) is 5.75 Å². The van der Waals surface area contributed by atoms with Crippen molar-refractivity contribution < 1.29 is 8.42 Å². The van der Waals surface area contributed by atoms with E-state index in [1.807, 2.05) is 13.0 Å². The van der Waals surface area contributed by atoms with Crippen molar-refractivity contribution in [3.63, 3.8) is 0 Å². The fourth-order valence-corrected chi connectivity index (χ4v) is 3.78. The van der Waals surface area contributed by atoms with Crippen molar-refractivity contribution >= 4 is 10.0 Å². The van der Waals surface area contributed by atoms with Gasteiger partial charge in [0.2, 0.25) is 10.0 Å². The molecular formula is C15H22N4O2S. The van der Waals surface area contributed by atoms with Crippen LogP contribution >= 0.6 is 0 Å². The van der Waals surface area contributed by atoms with Gasteiger partial charge in [-0.25, -0.2) is 22.8 Å². The zero-order chi connectivity index (χ0) is 16.0. The third kappa shape index (κ3) is 4.64. The Hall–Kier alpha value is -1.73. The van der Waals surface area contributed by atoms with Crippen molar-refractivity contribution in [3.05, 3.63) is 42.4 Å². The minimum atomic E-state index is -3.29. The molecule has 0 radical (unpaired) electrons. The molecule has 22 heavy (non-hydrogen) atoms. The van der Waals surface area contributed by atoms with Crippen LogP contribution in [0.1, 0.15) is 32.3 Å². The van der Waals surface area contributed by atoms with Crippen molar-refractivity contribution in [1.29, 1.82) is 0 Å². The van der Waals surface area contributed by atoms with Gasteiger partial charge in [-0.3, -0.25) is 0 Å². The molecule has 0 bridgehead atoms. The molecule has 0 aliphatic heterocycles. The molecule has 0 aliphatic carbocycles. The van der Waals surface area contributed by atoms with E-state index in [1.165, 1.54) is 0 Å². The maximum absolute atomic E-state index is 12.1. The van der Waals surface area contributed by atoms with E-state index in [1.54, 1.807) is 35.4 Å². The predicted molar refractivity (Wildman–Crippen MR) is 86.1 cm³/mol. The van der Waals surface area contributed by atoms with Gasteiger partial charge in [0.25, 0.3) is 0 Å². The van der Waals surface area contributed by atoms with Gasteiger partial charge < -0.3 is 0 Å². The second-order valence-electron chi connectivity index (χ2n) is 5.43. The SMILES string of the molecule is CCC[C@@H](C)CS(=O)(=O)NCc1cccnc1-n1cccn1. The Labute approximate surface area is 131 Å². The summed E-state index contributed by atoms with van der Waals surface area (Å²) in [5.74, 6) is 0.942. The maximum atomic E-state index is 12.1. The molecule has 2 heterocycles. The molecule has 2 aromatic rings. The largest absolute Gasteiger partial charge is 0.237 e. The van der Waals surface area contributed by atoms with Crippen LogP contribution in [0.4, 0.5) is 0 Å². The average molecular weight is 322 g/mol. The average Bonchev–Trinajstić information content (AvgIpc) is 2.99. The predicted octanol–water partition coefficient (Wildman–Crippen LogP) is 2.12. The number of aromatic nitrogens is 3. The van der Waals surface area contributed by atoms with Gasteiger partial charge in [-0.05, 0) is 24.5 Å².